The van der Waals surface area contributed by atoms with Crippen LogP contribution in [0.4, 0.5) is 0 Å². The molecule has 3 rings (SSSR count). The van der Waals surface area contributed by atoms with Crippen LogP contribution in [0.3, 0.4) is 0 Å². The molecule has 23 heavy (non-hydrogen) atoms. The van der Waals surface area contributed by atoms with Crippen molar-refractivity contribution in [2.75, 3.05) is 7.11 Å². The minimum absolute atomic E-state index is 0.0442. The highest BCUT2D eigenvalue weighted by Crippen LogP contribution is 2.30. The summed E-state index contributed by atoms with van der Waals surface area (Å²) >= 11 is 0. The van der Waals surface area contributed by atoms with E-state index in [2.05, 4.69) is 6.07 Å². The number of allylic oxidation sites excluding steroid dienone is 1. The van der Waals surface area contributed by atoms with Crippen LogP contribution in [-0.2, 0) is 11.2 Å². The maximum Gasteiger partial charge on any atom is 0.338 e. The maximum atomic E-state index is 12.6. The van der Waals surface area contributed by atoms with Gasteiger partial charge in [-0.05, 0) is 54.3 Å². The van der Waals surface area contributed by atoms with Crippen molar-refractivity contribution in [3.8, 4) is 0 Å². The Morgan fingerprint density at radius 3 is 2.57 bits per heavy atom. The number of hydrogen-bond acceptors (Lipinski definition) is 3. The fraction of sp³-hybridized carbons (Fsp3) is 0.200. The number of ketones is 1. The van der Waals surface area contributed by atoms with Gasteiger partial charge in [-0.2, -0.15) is 0 Å². The number of carbonyl (C=O) groups excluding carboxylic acids is 2. The standard InChI is InChI=1S/C20H18O3/c1-12-8-15-11-16(19(21)18(15)9-13(12)2)10-14-6-4-5-7-17(14)20(22)23-3/h4-10H,11H2,1-3H3/b16-10+. The van der Waals surface area contributed by atoms with Crippen LogP contribution in [-0.4, -0.2) is 18.9 Å². The van der Waals surface area contributed by atoms with Crippen molar-refractivity contribution < 1.29 is 14.3 Å². The zero-order valence-electron chi connectivity index (χ0n) is 13.5. The Hall–Kier alpha value is -2.68. The van der Waals surface area contributed by atoms with E-state index in [0.717, 1.165) is 16.7 Å². The zero-order valence-corrected chi connectivity index (χ0v) is 13.5. The normalized spacial score (nSPS) is 14.9. The van der Waals surface area contributed by atoms with Gasteiger partial charge in [-0.25, -0.2) is 4.79 Å². The summed E-state index contributed by atoms with van der Waals surface area (Å²) in [5.41, 5.74) is 6.03. The molecule has 0 saturated heterocycles. The van der Waals surface area contributed by atoms with E-state index in [1.165, 1.54) is 12.7 Å². The highest BCUT2D eigenvalue weighted by Gasteiger charge is 2.25. The zero-order chi connectivity index (χ0) is 16.6. The number of fused-ring (bicyclic) bond motifs is 1. The molecule has 2 aromatic rings. The van der Waals surface area contributed by atoms with E-state index in [4.69, 9.17) is 4.74 Å². The van der Waals surface area contributed by atoms with Crippen molar-refractivity contribution in [1.82, 2.24) is 0 Å². The Morgan fingerprint density at radius 2 is 1.83 bits per heavy atom. The third-order valence-corrected chi connectivity index (χ3v) is 4.33. The Morgan fingerprint density at radius 1 is 1.13 bits per heavy atom. The SMILES string of the molecule is COC(=O)c1ccccc1/C=C1\Cc2cc(C)c(C)cc2C1=O. The van der Waals surface area contributed by atoms with Crippen LogP contribution in [0.2, 0.25) is 0 Å². The number of hydrogen-bond donors (Lipinski definition) is 0. The van der Waals surface area contributed by atoms with Gasteiger partial charge in [-0.1, -0.05) is 24.3 Å². The van der Waals surface area contributed by atoms with Crippen LogP contribution in [0.25, 0.3) is 6.08 Å². The van der Waals surface area contributed by atoms with Crippen molar-refractivity contribution in [2.24, 2.45) is 0 Å². The fourth-order valence-electron chi connectivity index (χ4n) is 2.92. The molecule has 0 radical (unpaired) electrons. The summed E-state index contributed by atoms with van der Waals surface area (Å²) in [6.07, 6.45) is 2.41. The highest BCUT2D eigenvalue weighted by atomic mass is 16.5. The van der Waals surface area contributed by atoms with Gasteiger partial charge >= 0.3 is 5.97 Å². The Balaban J connectivity index is 2.03. The summed E-state index contributed by atoms with van der Waals surface area (Å²) in [4.78, 5) is 24.5. The van der Waals surface area contributed by atoms with Crippen molar-refractivity contribution in [2.45, 2.75) is 20.3 Å². The number of benzene rings is 2. The molecule has 0 heterocycles. The molecule has 0 fully saturated rings. The maximum absolute atomic E-state index is 12.6. The first-order chi connectivity index (χ1) is 11.0. The number of ether oxygens (including phenoxy) is 1. The quantitative estimate of drug-likeness (QED) is 0.624. The molecule has 1 aliphatic carbocycles. The first kappa shape index (κ1) is 15.2. The first-order valence-electron chi connectivity index (χ1n) is 7.54. The van der Waals surface area contributed by atoms with Gasteiger partial charge in [-0.15, -0.1) is 0 Å². The van der Waals surface area contributed by atoms with Crippen molar-refractivity contribution >= 4 is 17.8 Å². The van der Waals surface area contributed by atoms with Crippen LogP contribution >= 0.6 is 0 Å². The average Bonchev–Trinajstić information content (AvgIpc) is 2.83. The molecule has 0 unspecified atom stereocenters. The average molecular weight is 306 g/mol. The molecule has 3 heteroatoms. The van der Waals surface area contributed by atoms with Gasteiger partial charge in [0.25, 0.3) is 0 Å². The third-order valence-electron chi connectivity index (χ3n) is 4.33. The Bertz CT molecular complexity index is 844. The summed E-state index contributed by atoms with van der Waals surface area (Å²) < 4.78 is 4.81. The molecular formula is C20H18O3. The fourth-order valence-corrected chi connectivity index (χ4v) is 2.92. The molecule has 0 saturated carbocycles. The summed E-state index contributed by atoms with van der Waals surface area (Å²) in [7, 11) is 1.36. The number of rotatable bonds is 2. The van der Waals surface area contributed by atoms with E-state index in [0.29, 0.717) is 23.1 Å². The largest absolute Gasteiger partial charge is 0.465 e. The van der Waals surface area contributed by atoms with E-state index in [1.54, 1.807) is 18.2 Å². The van der Waals surface area contributed by atoms with E-state index in [9.17, 15) is 9.59 Å². The van der Waals surface area contributed by atoms with E-state index < -0.39 is 5.97 Å². The van der Waals surface area contributed by atoms with Gasteiger partial charge in [0, 0.05) is 17.6 Å². The lowest BCUT2D eigenvalue weighted by molar-refractivity contribution is 0.0600. The van der Waals surface area contributed by atoms with Gasteiger partial charge in [0.1, 0.15) is 0 Å². The topological polar surface area (TPSA) is 43.4 Å². The lowest BCUT2D eigenvalue weighted by atomic mass is 10.0. The van der Waals surface area contributed by atoms with Crippen LogP contribution < -0.4 is 0 Å². The van der Waals surface area contributed by atoms with E-state index in [-0.39, 0.29) is 5.78 Å². The number of carbonyl (C=O) groups is 2. The second kappa shape index (κ2) is 5.84. The van der Waals surface area contributed by atoms with Crippen molar-refractivity contribution in [1.29, 1.82) is 0 Å². The minimum atomic E-state index is -0.396. The summed E-state index contributed by atoms with van der Waals surface area (Å²) in [6.45, 7) is 4.06. The smallest absolute Gasteiger partial charge is 0.338 e. The Labute approximate surface area is 135 Å². The van der Waals surface area contributed by atoms with Crippen LogP contribution in [0, 0.1) is 13.8 Å². The van der Waals surface area contributed by atoms with Gasteiger partial charge in [0.05, 0.1) is 12.7 Å². The van der Waals surface area contributed by atoms with Gasteiger partial charge in [0.15, 0.2) is 5.78 Å². The second-order valence-electron chi connectivity index (χ2n) is 5.85. The molecule has 3 nitrogen and oxygen atoms in total. The molecule has 0 N–H and O–H groups in total. The molecule has 116 valence electrons. The number of aryl methyl sites for hydroxylation is 2. The number of methoxy groups -OCH3 is 1. The van der Waals surface area contributed by atoms with Crippen LogP contribution in [0.15, 0.2) is 42.0 Å². The predicted molar refractivity (Wildman–Crippen MR) is 89.7 cm³/mol. The van der Waals surface area contributed by atoms with E-state index >= 15 is 0 Å². The lowest BCUT2D eigenvalue weighted by Crippen LogP contribution is -2.04. The molecule has 0 aromatic heterocycles. The molecule has 0 atom stereocenters. The Kier molecular flexibility index (Phi) is 3.87. The number of esters is 1. The molecule has 1 aliphatic rings. The van der Waals surface area contributed by atoms with Crippen LogP contribution in [0.1, 0.15) is 43.0 Å². The first-order valence-corrected chi connectivity index (χ1v) is 7.54. The van der Waals surface area contributed by atoms with E-state index in [1.807, 2.05) is 32.0 Å². The molecule has 0 amide bonds. The van der Waals surface area contributed by atoms with Gasteiger partial charge in [0.2, 0.25) is 0 Å². The van der Waals surface area contributed by atoms with Crippen molar-refractivity contribution in [3.05, 3.63) is 75.4 Å². The molecule has 0 aliphatic heterocycles. The second-order valence-corrected chi connectivity index (χ2v) is 5.85. The monoisotopic (exact) mass is 306 g/mol. The molecular weight excluding hydrogens is 288 g/mol. The van der Waals surface area contributed by atoms with Gasteiger partial charge in [-0.3, -0.25) is 4.79 Å². The van der Waals surface area contributed by atoms with Crippen molar-refractivity contribution in [3.63, 3.8) is 0 Å². The molecule has 2 aromatic carbocycles. The summed E-state index contributed by atoms with van der Waals surface area (Å²) in [5.74, 6) is -0.352. The highest BCUT2D eigenvalue weighted by molar-refractivity contribution is 6.16. The third kappa shape index (κ3) is 2.70. The predicted octanol–water partition coefficient (Wildman–Crippen LogP) is 3.91. The van der Waals surface area contributed by atoms with Gasteiger partial charge < -0.3 is 4.74 Å². The summed E-state index contributed by atoms with van der Waals surface area (Å²) in [6, 6.07) is 11.2. The number of Topliss-reactive ketones (excluding diaryl/α,β-unsaturated/α-hetero) is 1. The summed E-state index contributed by atoms with van der Waals surface area (Å²) in [5, 5.41) is 0. The molecule has 0 spiro atoms. The van der Waals surface area contributed by atoms with Crippen LogP contribution in [0.5, 0.6) is 0 Å². The minimum Gasteiger partial charge on any atom is -0.465 e. The molecule has 0 bridgehead atoms. The lowest BCUT2D eigenvalue weighted by Gasteiger charge is -2.04.